The highest BCUT2D eigenvalue weighted by atomic mass is 16.2. The average Bonchev–Trinajstić information content (AvgIpc) is 2.45. The smallest absolute Gasteiger partial charge is 0.236 e. The minimum atomic E-state index is -0.444. The van der Waals surface area contributed by atoms with E-state index < -0.39 is 6.04 Å². The van der Waals surface area contributed by atoms with E-state index in [0.29, 0.717) is 24.9 Å². The lowest BCUT2D eigenvalue weighted by Crippen LogP contribution is -2.48. The summed E-state index contributed by atoms with van der Waals surface area (Å²) in [5.74, 6) is 0.430. The summed E-state index contributed by atoms with van der Waals surface area (Å²) in [4.78, 5) is 14.2. The molecule has 4 nitrogen and oxygen atoms in total. The molecule has 2 atom stereocenters. The molecule has 0 fully saturated rings. The Bertz CT molecular complexity index is 409. The number of nitrogens with two attached hydrogens (primary N) is 1. The Morgan fingerprint density at radius 2 is 1.86 bits per heavy atom. The molecule has 1 aromatic rings. The molecule has 1 rings (SSSR count). The largest absolute Gasteiger partial charge is 0.353 e. The van der Waals surface area contributed by atoms with Crippen molar-refractivity contribution in [2.24, 2.45) is 11.7 Å². The molecule has 1 amide bonds. The highest BCUT2D eigenvalue weighted by Crippen LogP contribution is 2.07. The predicted molar refractivity (Wildman–Crippen MR) is 88.1 cm³/mol. The van der Waals surface area contributed by atoms with Gasteiger partial charge < -0.3 is 16.0 Å². The Morgan fingerprint density at radius 1 is 1.24 bits per heavy atom. The lowest BCUT2D eigenvalue weighted by molar-refractivity contribution is -0.122. The highest BCUT2D eigenvalue weighted by Gasteiger charge is 2.19. The van der Waals surface area contributed by atoms with Crippen molar-refractivity contribution in [1.82, 2.24) is 10.2 Å². The van der Waals surface area contributed by atoms with Crippen molar-refractivity contribution in [3.63, 3.8) is 0 Å². The first kappa shape index (κ1) is 17.7. The number of hydrogen-bond acceptors (Lipinski definition) is 3. The van der Waals surface area contributed by atoms with Crippen LogP contribution in [-0.2, 0) is 11.2 Å². The van der Waals surface area contributed by atoms with Crippen LogP contribution < -0.4 is 11.1 Å². The van der Waals surface area contributed by atoms with Crippen LogP contribution in [0.5, 0.6) is 0 Å². The van der Waals surface area contributed by atoms with Crippen molar-refractivity contribution >= 4 is 5.91 Å². The maximum atomic E-state index is 12.1. The Kier molecular flexibility index (Phi) is 7.40. The van der Waals surface area contributed by atoms with Crippen LogP contribution >= 0.6 is 0 Å². The molecule has 0 saturated heterocycles. The fourth-order valence-electron chi connectivity index (χ4n) is 2.45. The molecule has 0 spiro atoms. The SMILES string of the molecule is CC(C)C(CNC(=O)C(N)CCc1ccccc1)N(C)C. The number of aryl methyl sites for hydroxylation is 1. The molecule has 0 aliphatic rings. The van der Waals surface area contributed by atoms with Gasteiger partial charge in [-0.15, -0.1) is 0 Å². The lowest BCUT2D eigenvalue weighted by atomic mass is 10.0. The standard InChI is InChI=1S/C17H29N3O/c1-13(2)16(20(3)4)12-19-17(21)15(18)11-10-14-8-6-5-7-9-14/h5-9,13,15-16H,10-12,18H2,1-4H3,(H,19,21). The van der Waals surface area contributed by atoms with Gasteiger partial charge in [-0.05, 0) is 38.4 Å². The van der Waals surface area contributed by atoms with Crippen molar-refractivity contribution in [2.45, 2.75) is 38.8 Å². The lowest BCUT2D eigenvalue weighted by Gasteiger charge is -2.28. The van der Waals surface area contributed by atoms with Gasteiger partial charge in [0.15, 0.2) is 0 Å². The molecular formula is C17H29N3O. The second-order valence-electron chi connectivity index (χ2n) is 6.15. The van der Waals surface area contributed by atoms with Crippen molar-refractivity contribution in [1.29, 1.82) is 0 Å². The van der Waals surface area contributed by atoms with Crippen molar-refractivity contribution in [3.05, 3.63) is 35.9 Å². The zero-order chi connectivity index (χ0) is 15.8. The molecular weight excluding hydrogens is 262 g/mol. The Labute approximate surface area is 128 Å². The molecule has 4 heteroatoms. The number of hydrogen-bond donors (Lipinski definition) is 2. The molecule has 0 heterocycles. The third kappa shape index (κ3) is 6.27. The van der Waals surface area contributed by atoms with E-state index in [1.807, 2.05) is 32.3 Å². The third-order valence-electron chi connectivity index (χ3n) is 3.84. The summed E-state index contributed by atoms with van der Waals surface area (Å²) in [7, 11) is 4.07. The molecule has 0 aliphatic carbocycles. The summed E-state index contributed by atoms with van der Waals surface area (Å²) >= 11 is 0. The Morgan fingerprint density at radius 3 is 2.38 bits per heavy atom. The fraction of sp³-hybridized carbons (Fsp3) is 0.588. The Hall–Kier alpha value is -1.39. The van der Waals surface area contributed by atoms with E-state index in [1.165, 1.54) is 5.56 Å². The summed E-state index contributed by atoms with van der Waals surface area (Å²) in [5.41, 5.74) is 7.19. The van der Waals surface area contributed by atoms with Crippen LogP contribution in [0.3, 0.4) is 0 Å². The molecule has 0 radical (unpaired) electrons. The number of rotatable bonds is 8. The van der Waals surface area contributed by atoms with Crippen molar-refractivity contribution < 1.29 is 4.79 Å². The number of carbonyl (C=O) groups excluding carboxylic acids is 1. The van der Waals surface area contributed by atoms with E-state index in [-0.39, 0.29) is 5.91 Å². The molecule has 2 unspecified atom stereocenters. The van der Waals surface area contributed by atoms with E-state index >= 15 is 0 Å². The van der Waals surface area contributed by atoms with Gasteiger partial charge in [0.25, 0.3) is 0 Å². The number of likely N-dealkylation sites (N-methyl/N-ethyl adjacent to an activating group) is 1. The van der Waals surface area contributed by atoms with Gasteiger partial charge in [0.05, 0.1) is 6.04 Å². The minimum absolute atomic E-state index is 0.0570. The summed E-state index contributed by atoms with van der Waals surface area (Å²) in [6.07, 6.45) is 1.50. The summed E-state index contributed by atoms with van der Waals surface area (Å²) in [6, 6.07) is 10.0. The van der Waals surface area contributed by atoms with Gasteiger partial charge in [-0.1, -0.05) is 44.2 Å². The number of amides is 1. The van der Waals surface area contributed by atoms with E-state index in [4.69, 9.17) is 5.73 Å². The van der Waals surface area contributed by atoms with E-state index in [0.717, 1.165) is 6.42 Å². The van der Waals surface area contributed by atoms with Gasteiger partial charge in [0.1, 0.15) is 0 Å². The first-order valence-corrected chi connectivity index (χ1v) is 7.65. The zero-order valence-electron chi connectivity index (χ0n) is 13.7. The second-order valence-corrected chi connectivity index (χ2v) is 6.15. The zero-order valence-corrected chi connectivity index (χ0v) is 13.7. The molecule has 0 bridgehead atoms. The van der Waals surface area contributed by atoms with E-state index in [2.05, 4.69) is 36.2 Å². The van der Waals surface area contributed by atoms with Crippen LogP contribution in [0.25, 0.3) is 0 Å². The topological polar surface area (TPSA) is 58.4 Å². The Balaban J connectivity index is 2.37. The average molecular weight is 291 g/mol. The molecule has 1 aromatic carbocycles. The van der Waals surface area contributed by atoms with Gasteiger partial charge in [-0.25, -0.2) is 0 Å². The summed E-state index contributed by atoms with van der Waals surface area (Å²) < 4.78 is 0. The minimum Gasteiger partial charge on any atom is -0.353 e. The molecule has 0 aliphatic heterocycles. The molecule has 21 heavy (non-hydrogen) atoms. The molecule has 0 aromatic heterocycles. The monoisotopic (exact) mass is 291 g/mol. The van der Waals surface area contributed by atoms with Crippen LogP contribution in [0.1, 0.15) is 25.8 Å². The first-order valence-electron chi connectivity index (χ1n) is 7.65. The second kappa shape index (κ2) is 8.80. The van der Waals surface area contributed by atoms with Crippen molar-refractivity contribution in [3.8, 4) is 0 Å². The van der Waals surface area contributed by atoms with Crippen LogP contribution in [-0.4, -0.2) is 43.5 Å². The number of benzene rings is 1. The predicted octanol–water partition coefficient (Wildman–Crippen LogP) is 1.65. The maximum Gasteiger partial charge on any atom is 0.236 e. The third-order valence-corrected chi connectivity index (χ3v) is 3.84. The number of carbonyl (C=O) groups is 1. The van der Waals surface area contributed by atoms with E-state index in [9.17, 15) is 4.79 Å². The van der Waals surface area contributed by atoms with Gasteiger partial charge in [-0.2, -0.15) is 0 Å². The van der Waals surface area contributed by atoms with Gasteiger partial charge in [0, 0.05) is 12.6 Å². The van der Waals surface area contributed by atoms with Crippen LogP contribution in [0.2, 0.25) is 0 Å². The van der Waals surface area contributed by atoms with Crippen LogP contribution in [0.4, 0.5) is 0 Å². The van der Waals surface area contributed by atoms with Crippen LogP contribution in [0, 0.1) is 5.92 Å². The van der Waals surface area contributed by atoms with Gasteiger partial charge >= 0.3 is 0 Å². The maximum absolute atomic E-state index is 12.1. The first-order chi connectivity index (χ1) is 9.91. The van der Waals surface area contributed by atoms with E-state index in [1.54, 1.807) is 0 Å². The molecule has 3 N–H and O–H groups in total. The quantitative estimate of drug-likeness (QED) is 0.765. The molecule has 118 valence electrons. The van der Waals surface area contributed by atoms with Gasteiger partial charge in [0.2, 0.25) is 5.91 Å². The normalized spacial score (nSPS) is 14.2. The van der Waals surface area contributed by atoms with Gasteiger partial charge in [-0.3, -0.25) is 4.79 Å². The van der Waals surface area contributed by atoms with Crippen LogP contribution in [0.15, 0.2) is 30.3 Å². The number of nitrogens with zero attached hydrogens (tertiary/aromatic N) is 1. The molecule has 0 saturated carbocycles. The van der Waals surface area contributed by atoms with Crippen molar-refractivity contribution in [2.75, 3.05) is 20.6 Å². The summed E-state index contributed by atoms with van der Waals surface area (Å²) in [6.45, 7) is 4.96. The highest BCUT2D eigenvalue weighted by molar-refractivity contribution is 5.81. The number of nitrogens with one attached hydrogen (secondary N) is 1. The summed E-state index contributed by atoms with van der Waals surface area (Å²) in [5, 5.41) is 2.98. The fourth-order valence-corrected chi connectivity index (χ4v) is 2.45.